The van der Waals surface area contributed by atoms with Crippen molar-refractivity contribution >= 4 is 49.5 Å². The molecule has 0 unspecified atom stereocenters. The molecule has 2 rings (SSSR count). The molecule has 0 aliphatic rings. The molecule has 0 aliphatic carbocycles. The zero-order chi connectivity index (χ0) is 12.3. The van der Waals surface area contributed by atoms with Crippen molar-refractivity contribution in [3.63, 3.8) is 0 Å². The van der Waals surface area contributed by atoms with E-state index in [2.05, 4.69) is 27.0 Å². The van der Waals surface area contributed by atoms with Crippen LogP contribution >= 0.6 is 38.9 Å². The smallest absolute Gasteiger partial charge is 0.101 e. The quantitative estimate of drug-likeness (QED) is 0.760. The van der Waals surface area contributed by atoms with Crippen LogP contribution in [0, 0.1) is 11.3 Å². The van der Waals surface area contributed by atoms with Crippen molar-refractivity contribution in [2.75, 3.05) is 0 Å². The Morgan fingerprint density at radius 2 is 2.06 bits per heavy atom. The molecule has 0 N–H and O–H groups in total. The highest BCUT2D eigenvalue weighted by atomic mass is 79.9. The minimum atomic E-state index is 0.456. The normalized spacial score (nSPS) is 11.8. The summed E-state index contributed by atoms with van der Waals surface area (Å²) in [4.78, 5) is 4.78. The van der Waals surface area contributed by atoms with E-state index in [1.54, 1.807) is 24.5 Å². The lowest BCUT2D eigenvalue weighted by Crippen LogP contribution is -1.85. The first kappa shape index (κ1) is 12.3. The number of pyridine rings is 1. The van der Waals surface area contributed by atoms with Gasteiger partial charge in [0.2, 0.25) is 0 Å². The van der Waals surface area contributed by atoms with Crippen molar-refractivity contribution in [3.8, 4) is 6.07 Å². The number of rotatable bonds is 2. The van der Waals surface area contributed by atoms with Crippen LogP contribution in [0.2, 0.25) is 0 Å². The van der Waals surface area contributed by atoms with E-state index in [0.29, 0.717) is 10.6 Å². The van der Waals surface area contributed by atoms with E-state index < -0.39 is 0 Å². The van der Waals surface area contributed by atoms with Crippen LogP contribution < -0.4 is 0 Å². The van der Waals surface area contributed by atoms with Gasteiger partial charge in [0.1, 0.15) is 6.07 Å². The van der Waals surface area contributed by atoms with Crippen molar-refractivity contribution < 1.29 is 0 Å². The van der Waals surface area contributed by atoms with Gasteiger partial charge >= 0.3 is 0 Å². The number of hydrogen-bond donors (Lipinski definition) is 0. The highest BCUT2D eigenvalue weighted by Gasteiger charge is 2.13. The van der Waals surface area contributed by atoms with Crippen LogP contribution in [0.25, 0.3) is 10.6 Å². The number of halogens is 2. The largest absolute Gasteiger partial charge is 0.265 e. The third-order valence-corrected chi connectivity index (χ3v) is 4.46. The minimum Gasteiger partial charge on any atom is -0.265 e. The zero-order valence-corrected chi connectivity index (χ0v) is 11.7. The summed E-state index contributed by atoms with van der Waals surface area (Å²) in [6.07, 6.45) is 3.28. The Morgan fingerprint density at radius 3 is 2.59 bits per heavy atom. The van der Waals surface area contributed by atoms with E-state index in [-0.39, 0.29) is 0 Å². The number of thiophene rings is 1. The molecule has 0 radical (unpaired) electrons. The molecule has 0 aliphatic heterocycles. The van der Waals surface area contributed by atoms with Crippen molar-refractivity contribution in [2.24, 2.45) is 0 Å². The Morgan fingerprint density at radius 1 is 1.35 bits per heavy atom. The van der Waals surface area contributed by atoms with Gasteiger partial charge < -0.3 is 0 Å². The lowest BCUT2D eigenvalue weighted by atomic mass is 10.1. The molecule has 2 heterocycles. The maximum Gasteiger partial charge on any atom is 0.101 e. The van der Waals surface area contributed by atoms with Crippen LogP contribution in [0.1, 0.15) is 10.4 Å². The molecule has 0 spiro atoms. The molecule has 17 heavy (non-hydrogen) atoms. The first-order chi connectivity index (χ1) is 8.24. The summed E-state index contributed by atoms with van der Waals surface area (Å²) in [5.41, 5.74) is 1.23. The lowest BCUT2D eigenvalue weighted by Gasteiger charge is -2.02. The summed E-state index contributed by atoms with van der Waals surface area (Å²) in [7, 11) is 0. The zero-order valence-electron chi connectivity index (χ0n) is 8.52. The van der Waals surface area contributed by atoms with Crippen molar-refractivity contribution in [3.05, 3.63) is 50.9 Å². The highest BCUT2D eigenvalue weighted by Crippen LogP contribution is 2.36. The lowest BCUT2D eigenvalue weighted by molar-refractivity contribution is 1.32. The van der Waals surface area contributed by atoms with Gasteiger partial charge in [-0.3, -0.25) is 4.98 Å². The fraction of sp³-hybridized carbons (Fsp3) is 0. The van der Waals surface area contributed by atoms with Crippen molar-refractivity contribution in [1.82, 2.24) is 4.98 Å². The molecule has 2 aromatic heterocycles. The average molecular weight is 326 g/mol. The van der Waals surface area contributed by atoms with Gasteiger partial charge in [0.15, 0.2) is 0 Å². The van der Waals surface area contributed by atoms with E-state index in [0.717, 1.165) is 14.9 Å². The van der Waals surface area contributed by atoms with Crippen LogP contribution in [0.4, 0.5) is 0 Å². The summed E-state index contributed by atoms with van der Waals surface area (Å²) >= 11 is 11.2. The van der Waals surface area contributed by atoms with Crippen molar-refractivity contribution in [1.29, 1.82) is 5.26 Å². The van der Waals surface area contributed by atoms with E-state index in [1.165, 1.54) is 11.3 Å². The van der Waals surface area contributed by atoms with Gasteiger partial charge in [0, 0.05) is 16.9 Å². The number of nitriles is 1. The van der Waals surface area contributed by atoms with Crippen LogP contribution in [0.3, 0.4) is 0 Å². The van der Waals surface area contributed by atoms with E-state index in [4.69, 9.17) is 11.6 Å². The maximum absolute atomic E-state index is 9.22. The SMILES string of the molecule is N#C/C(=C(/Cl)c1sccc1Br)c1ccncc1. The minimum absolute atomic E-state index is 0.456. The Balaban J connectivity index is 2.57. The molecule has 0 atom stereocenters. The molecule has 0 amide bonds. The monoisotopic (exact) mass is 324 g/mol. The Hall–Kier alpha value is -1.15. The number of nitrogens with zero attached hydrogens (tertiary/aromatic N) is 2. The third-order valence-electron chi connectivity index (χ3n) is 2.12. The van der Waals surface area contributed by atoms with Gasteiger partial charge in [-0.1, -0.05) is 11.6 Å². The summed E-state index contributed by atoms with van der Waals surface area (Å²) < 4.78 is 0.898. The van der Waals surface area contributed by atoms with Crippen LogP contribution in [0.15, 0.2) is 40.4 Å². The maximum atomic E-state index is 9.22. The average Bonchev–Trinajstić information content (AvgIpc) is 2.77. The predicted octanol–water partition coefficient (Wildman–Crippen LogP) is 4.54. The van der Waals surface area contributed by atoms with Gasteiger partial charge in [-0.15, -0.1) is 11.3 Å². The van der Waals surface area contributed by atoms with Gasteiger partial charge in [0.05, 0.1) is 15.5 Å². The van der Waals surface area contributed by atoms with E-state index >= 15 is 0 Å². The van der Waals surface area contributed by atoms with E-state index in [9.17, 15) is 5.26 Å². The third kappa shape index (κ3) is 2.58. The number of aromatic nitrogens is 1. The first-order valence-electron chi connectivity index (χ1n) is 4.67. The molecule has 0 aromatic carbocycles. The second-order valence-corrected chi connectivity index (χ2v) is 5.28. The molecular weight excluding hydrogens is 320 g/mol. The van der Waals surface area contributed by atoms with Gasteiger partial charge in [-0.2, -0.15) is 5.26 Å². The summed E-state index contributed by atoms with van der Waals surface area (Å²) in [6, 6.07) is 7.58. The first-order valence-corrected chi connectivity index (χ1v) is 6.72. The summed E-state index contributed by atoms with van der Waals surface area (Å²) in [5, 5.41) is 11.6. The highest BCUT2D eigenvalue weighted by molar-refractivity contribution is 9.10. The van der Waals surface area contributed by atoms with Gasteiger partial charge in [0.25, 0.3) is 0 Å². The fourth-order valence-corrected chi connectivity index (χ4v) is 3.34. The standard InChI is InChI=1S/C12H6BrClN2S/c13-10-3-6-17-12(10)11(14)9(7-15)8-1-4-16-5-2-8/h1-6H/b11-9-. The fourth-order valence-electron chi connectivity index (χ4n) is 1.32. The Labute approximate surface area is 116 Å². The molecule has 2 aromatic rings. The molecule has 0 bridgehead atoms. The van der Waals surface area contributed by atoms with Crippen LogP contribution in [-0.4, -0.2) is 4.98 Å². The second kappa shape index (κ2) is 5.46. The number of hydrogen-bond acceptors (Lipinski definition) is 3. The van der Waals surface area contributed by atoms with E-state index in [1.807, 2.05) is 11.4 Å². The molecule has 0 saturated heterocycles. The van der Waals surface area contributed by atoms with Crippen LogP contribution in [-0.2, 0) is 0 Å². The second-order valence-electron chi connectivity index (χ2n) is 3.13. The summed E-state index contributed by atoms with van der Waals surface area (Å²) in [5.74, 6) is 0. The summed E-state index contributed by atoms with van der Waals surface area (Å²) in [6.45, 7) is 0. The Bertz CT molecular complexity index is 598. The van der Waals surface area contributed by atoms with Gasteiger partial charge in [-0.05, 0) is 45.1 Å². The molecule has 2 nitrogen and oxygen atoms in total. The van der Waals surface area contributed by atoms with Crippen LogP contribution in [0.5, 0.6) is 0 Å². The van der Waals surface area contributed by atoms with Gasteiger partial charge in [-0.25, -0.2) is 0 Å². The van der Waals surface area contributed by atoms with Crippen molar-refractivity contribution in [2.45, 2.75) is 0 Å². The Kier molecular flexibility index (Phi) is 3.95. The molecule has 84 valence electrons. The molecule has 5 heteroatoms. The number of allylic oxidation sites excluding steroid dienone is 1. The molecular formula is C12H6BrClN2S. The predicted molar refractivity (Wildman–Crippen MR) is 74.5 cm³/mol. The molecule has 0 fully saturated rings. The molecule has 0 saturated carbocycles. The topological polar surface area (TPSA) is 36.7 Å².